The van der Waals surface area contributed by atoms with E-state index >= 15 is 0 Å². The van der Waals surface area contributed by atoms with Gasteiger partial charge in [-0.25, -0.2) is 0 Å². The predicted octanol–water partition coefficient (Wildman–Crippen LogP) is 3.30. The Morgan fingerprint density at radius 1 is 1.10 bits per heavy atom. The van der Waals surface area contributed by atoms with Crippen molar-refractivity contribution in [1.82, 2.24) is 5.32 Å². The minimum atomic E-state index is -0.793. The van der Waals surface area contributed by atoms with E-state index in [-0.39, 0.29) is 12.5 Å². The summed E-state index contributed by atoms with van der Waals surface area (Å²) in [7, 11) is 0. The van der Waals surface area contributed by atoms with Gasteiger partial charge in [0.25, 0.3) is 0 Å². The molecule has 0 spiro atoms. The van der Waals surface area contributed by atoms with Crippen LogP contribution in [-0.4, -0.2) is 11.1 Å². The lowest BCUT2D eigenvalue weighted by atomic mass is 9.98. The molecule has 2 aromatic carbocycles. The van der Waals surface area contributed by atoms with Crippen molar-refractivity contribution in [2.45, 2.75) is 25.9 Å². The molecule has 1 unspecified atom stereocenters. The fourth-order valence-corrected chi connectivity index (χ4v) is 2.28. The molecule has 0 aliphatic carbocycles. The second-order valence-electron chi connectivity index (χ2n) is 4.87. The Bertz CT molecular complexity index is 566. The molecule has 2 N–H and O–H groups in total. The fraction of sp³-hybridized carbons (Fsp3) is 0.235. The number of carboxylic acids is 1. The van der Waals surface area contributed by atoms with Crippen LogP contribution >= 0.6 is 0 Å². The lowest BCUT2D eigenvalue weighted by Crippen LogP contribution is -2.24. The number of benzene rings is 2. The molecule has 104 valence electrons. The highest BCUT2D eigenvalue weighted by molar-refractivity contribution is 5.68. The van der Waals surface area contributed by atoms with Crippen molar-refractivity contribution < 1.29 is 9.90 Å². The van der Waals surface area contributed by atoms with Crippen molar-refractivity contribution in [3.05, 3.63) is 71.3 Å². The number of nitrogens with one attached hydrogen (secondary N) is 1. The number of carbonyl (C=O) groups is 1. The summed E-state index contributed by atoms with van der Waals surface area (Å²) < 4.78 is 0. The van der Waals surface area contributed by atoms with Crippen LogP contribution in [0.5, 0.6) is 0 Å². The third-order valence-corrected chi connectivity index (χ3v) is 3.34. The number of hydrogen-bond acceptors (Lipinski definition) is 2. The van der Waals surface area contributed by atoms with Gasteiger partial charge in [-0.3, -0.25) is 4.79 Å². The van der Waals surface area contributed by atoms with Gasteiger partial charge in [0.15, 0.2) is 0 Å². The van der Waals surface area contributed by atoms with Gasteiger partial charge in [-0.1, -0.05) is 54.6 Å². The highest BCUT2D eigenvalue weighted by Crippen LogP contribution is 2.21. The zero-order chi connectivity index (χ0) is 14.4. The van der Waals surface area contributed by atoms with Crippen LogP contribution in [-0.2, 0) is 11.3 Å². The van der Waals surface area contributed by atoms with Crippen LogP contribution in [0.25, 0.3) is 0 Å². The van der Waals surface area contributed by atoms with Crippen LogP contribution in [0.4, 0.5) is 0 Å². The number of carboxylic acid groups (broad SMARTS) is 1. The van der Waals surface area contributed by atoms with Crippen LogP contribution < -0.4 is 5.32 Å². The first-order valence-electron chi connectivity index (χ1n) is 6.71. The first-order chi connectivity index (χ1) is 9.66. The zero-order valence-electron chi connectivity index (χ0n) is 11.5. The van der Waals surface area contributed by atoms with Gasteiger partial charge in [0.1, 0.15) is 0 Å². The summed E-state index contributed by atoms with van der Waals surface area (Å²) in [6.07, 6.45) is 0.0810. The number of aryl methyl sites for hydroxylation is 1. The quantitative estimate of drug-likeness (QED) is 0.846. The molecule has 3 nitrogen and oxygen atoms in total. The van der Waals surface area contributed by atoms with Gasteiger partial charge >= 0.3 is 5.97 Å². The number of rotatable bonds is 6. The summed E-state index contributed by atoms with van der Waals surface area (Å²) >= 11 is 0. The van der Waals surface area contributed by atoms with Gasteiger partial charge in [-0.05, 0) is 23.6 Å². The Labute approximate surface area is 119 Å². The highest BCUT2D eigenvalue weighted by Gasteiger charge is 2.16. The summed E-state index contributed by atoms with van der Waals surface area (Å²) in [6, 6.07) is 17.7. The molecule has 0 saturated heterocycles. The Kier molecular flexibility index (Phi) is 4.91. The van der Waals surface area contributed by atoms with E-state index in [9.17, 15) is 4.79 Å². The summed E-state index contributed by atoms with van der Waals surface area (Å²) in [4.78, 5) is 11.1. The van der Waals surface area contributed by atoms with Gasteiger partial charge < -0.3 is 10.4 Å². The third kappa shape index (κ3) is 3.93. The van der Waals surface area contributed by atoms with Gasteiger partial charge in [0.05, 0.1) is 6.42 Å². The molecule has 0 heterocycles. The van der Waals surface area contributed by atoms with Gasteiger partial charge in [-0.15, -0.1) is 0 Å². The van der Waals surface area contributed by atoms with Crippen molar-refractivity contribution >= 4 is 5.97 Å². The van der Waals surface area contributed by atoms with E-state index < -0.39 is 5.97 Å². The molecule has 0 aliphatic heterocycles. The largest absolute Gasteiger partial charge is 0.481 e. The fourth-order valence-electron chi connectivity index (χ4n) is 2.28. The van der Waals surface area contributed by atoms with Gasteiger partial charge in [0, 0.05) is 12.6 Å². The molecule has 1 atom stereocenters. The second kappa shape index (κ2) is 6.87. The van der Waals surface area contributed by atoms with Gasteiger partial charge in [-0.2, -0.15) is 0 Å². The molecule has 0 radical (unpaired) electrons. The molecule has 0 amide bonds. The van der Waals surface area contributed by atoms with Crippen molar-refractivity contribution in [3.63, 3.8) is 0 Å². The summed E-state index contributed by atoms with van der Waals surface area (Å²) in [6.45, 7) is 2.67. The lowest BCUT2D eigenvalue weighted by molar-refractivity contribution is -0.137. The lowest BCUT2D eigenvalue weighted by Gasteiger charge is -2.19. The number of aliphatic carboxylic acids is 1. The molecular formula is C17H19NO2. The molecular weight excluding hydrogens is 250 g/mol. The van der Waals surface area contributed by atoms with Gasteiger partial charge in [0.2, 0.25) is 0 Å². The maximum absolute atomic E-state index is 11.1. The van der Waals surface area contributed by atoms with Crippen molar-refractivity contribution in [2.24, 2.45) is 0 Å². The average Bonchev–Trinajstić information content (AvgIpc) is 2.45. The van der Waals surface area contributed by atoms with Crippen molar-refractivity contribution in [3.8, 4) is 0 Å². The van der Waals surface area contributed by atoms with E-state index in [1.165, 1.54) is 0 Å². The third-order valence-electron chi connectivity index (χ3n) is 3.34. The standard InChI is InChI=1S/C17H19NO2/c1-13-7-5-6-10-15(13)16(11-17(19)20)18-12-14-8-3-2-4-9-14/h2-10,16,18H,11-12H2,1H3,(H,19,20). The van der Waals surface area contributed by atoms with Crippen LogP contribution in [0.15, 0.2) is 54.6 Å². The topological polar surface area (TPSA) is 49.3 Å². The second-order valence-corrected chi connectivity index (χ2v) is 4.87. The molecule has 20 heavy (non-hydrogen) atoms. The molecule has 3 heteroatoms. The van der Waals surface area contributed by atoms with E-state index in [1.807, 2.05) is 61.5 Å². The normalized spacial score (nSPS) is 12.1. The van der Waals surface area contributed by atoms with Crippen LogP contribution in [0.3, 0.4) is 0 Å². The summed E-state index contributed by atoms with van der Waals surface area (Å²) in [5.74, 6) is -0.793. The molecule has 0 bridgehead atoms. The maximum atomic E-state index is 11.1. The highest BCUT2D eigenvalue weighted by atomic mass is 16.4. The summed E-state index contributed by atoms with van der Waals surface area (Å²) in [5, 5.41) is 12.4. The van der Waals surface area contributed by atoms with E-state index in [0.29, 0.717) is 6.54 Å². The maximum Gasteiger partial charge on any atom is 0.305 e. The molecule has 0 saturated carbocycles. The molecule has 0 aliphatic rings. The molecule has 2 aromatic rings. The SMILES string of the molecule is Cc1ccccc1C(CC(=O)O)NCc1ccccc1. The average molecular weight is 269 g/mol. The van der Waals surface area contributed by atoms with E-state index in [2.05, 4.69) is 5.32 Å². The first kappa shape index (κ1) is 14.3. The van der Waals surface area contributed by atoms with Crippen LogP contribution in [0.2, 0.25) is 0 Å². The molecule has 0 aromatic heterocycles. The minimum Gasteiger partial charge on any atom is -0.481 e. The smallest absolute Gasteiger partial charge is 0.305 e. The Hall–Kier alpha value is -2.13. The predicted molar refractivity (Wildman–Crippen MR) is 79.5 cm³/mol. The Balaban J connectivity index is 2.12. The van der Waals surface area contributed by atoms with E-state index in [4.69, 9.17) is 5.11 Å². The minimum absolute atomic E-state index is 0.0810. The van der Waals surface area contributed by atoms with Crippen LogP contribution in [0.1, 0.15) is 29.2 Å². The zero-order valence-corrected chi connectivity index (χ0v) is 11.5. The van der Waals surface area contributed by atoms with Crippen molar-refractivity contribution in [1.29, 1.82) is 0 Å². The summed E-state index contributed by atoms with van der Waals surface area (Å²) in [5.41, 5.74) is 3.31. The monoisotopic (exact) mass is 269 g/mol. The van der Waals surface area contributed by atoms with Crippen molar-refractivity contribution in [2.75, 3.05) is 0 Å². The van der Waals surface area contributed by atoms with E-state index in [0.717, 1.165) is 16.7 Å². The Morgan fingerprint density at radius 3 is 2.40 bits per heavy atom. The van der Waals surface area contributed by atoms with E-state index in [1.54, 1.807) is 0 Å². The molecule has 0 fully saturated rings. The van der Waals surface area contributed by atoms with Crippen LogP contribution in [0, 0.1) is 6.92 Å². The number of hydrogen-bond donors (Lipinski definition) is 2. The Morgan fingerprint density at radius 2 is 1.75 bits per heavy atom. The first-order valence-corrected chi connectivity index (χ1v) is 6.71. The molecule has 2 rings (SSSR count).